The molecule has 2 aliphatic rings. The molecule has 1 aliphatic carbocycles. The van der Waals surface area contributed by atoms with Crippen LogP contribution in [0.5, 0.6) is 0 Å². The molecule has 5 rings (SSSR count). The average Bonchev–Trinajstić information content (AvgIpc) is 3.25. The standard InChI is InChI=1S/C26H33N5O2S/c1-19-13-20(2)15-30(14-19)24-28-29-25(31(24)16-22-9-6-12-33-22)34-17-23(32)27-18-26(10-11-26)21-7-4-3-5-8-21/h3-9,12,19-20H,10-11,13-18H2,1-2H3,(H,27,32). The first-order valence-electron chi connectivity index (χ1n) is 12.2. The Labute approximate surface area is 205 Å². The third kappa shape index (κ3) is 5.17. The molecule has 1 saturated heterocycles. The van der Waals surface area contributed by atoms with Crippen LogP contribution in [0.15, 0.2) is 58.3 Å². The predicted octanol–water partition coefficient (Wildman–Crippen LogP) is 4.34. The first kappa shape index (κ1) is 23.0. The molecular formula is C26H33N5O2S. The quantitative estimate of drug-likeness (QED) is 0.460. The van der Waals surface area contributed by atoms with Gasteiger partial charge in [0.1, 0.15) is 5.76 Å². The van der Waals surface area contributed by atoms with Gasteiger partial charge in [-0.3, -0.25) is 9.36 Å². The van der Waals surface area contributed by atoms with E-state index in [-0.39, 0.29) is 11.3 Å². The average molecular weight is 480 g/mol. The zero-order chi connectivity index (χ0) is 23.5. The number of hydrogen-bond donors (Lipinski definition) is 1. The van der Waals surface area contributed by atoms with Crippen molar-refractivity contribution in [1.29, 1.82) is 0 Å². The minimum Gasteiger partial charge on any atom is -0.467 e. The summed E-state index contributed by atoms with van der Waals surface area (Å²) in [6.45, 7) is 7.75. The summed E-state index contributed by atoms with van der Waals surface area (Å²) in [4.78, 5) is 15.1. The Bertz CT molecular complexity index is 1080. The lowest BCUT2D eigenvalue weighted by atomic mass is 9.92. The summed E-state index contributed by atoms with van der Waals surface area (Å²) in [7, 11) is 0. The highest BCUT2D eigenvalue weighted by atomic mass is 32.2. The van der Waals surface area contributed by atoms with E-state index < -0.39 is 0 Å². The Balaban J connectivity index is 1.25. The molecule has 0 bridgehead atoms. The van der Waals surface area contributed by atoms with Gasteiger partial charge in [0.05, 0.1) is 18.6 Å². The zero-order valence-corrected chi connectivity index (χ0v) is 20.8. The molecule has 180 valence electrons. The predicted molar refractivity (Wildman–Crippen MR) is 134 cm³/mol. The smallest absolute Gasteiger partial charge is 0.230 e. The largest absolute Gasteiger partial charge is 0.467 e. The van der Waals surface area contributed by atoms with Crippen LogP contribution in [0.4, 0.5) is 5.95 Å². The van der Waals surface area contributed by atoms with Crippen LogP contribution in [0.2, 0.25) is 0 Å². The first-order chi connectivity index (χ1) is 16.5. The van der Waals surface area contributed by atoms with Gasteiger partial charge in [-0.05, 0) is 48.8 Å². The number of carbonyl (C=O) groups is 1. The number of rotatable bonds is 9. The molecule has 1 aliphatic heterocycles. The van der Waals surface area contributed by atoms with Gasteiger partial charge in [0.2, 0.25) is 11.9 Å². The zero-order valence-electron chi connectivity index (χ0n) is 19.9. The highest BCUT2D eigenvalue weighted by Gasteiger charge is 2.44. The van der Waals surface area contributed by atoms with Crippen LogP contribution in [-0.4, -0.2) is 46.1 Å². The molecule has 3 aromatic rings. The number of nitrogens with zero attached hydrogens (tertiary/aromatic N) is 4. The Morgan fingerprint density at radius 1 is 1.12 bits per heavy atom. The normalized spacial score (nSPS) is 21.4. The molecule has 1 aromatic carbocycles. The molecule has 0 spiro atoms. The topological polar surface area (TPSA) is 76.2 Å². The molecule has 7 nitrogen and oxygen atoms in total. The van der Waals surface area contributed by atoms with E-state index in [1.807, 2.05) is 18.2 Å². The summed E-state index contributed by atoms with van der Waals surface area (Å²) in [5, 5.41) is 12.9. The van der Waals surface area contributed by atoms with Gasteiger partial charge in [-0.25, -0.2) is 0 Å². The molecule has 1 saturated carbocycles. The number of aromatic nitrogens is 3. The Kier molecular flexibility index (Phi) is 6.68. The van der Waals surface area contributed by atoms with Gasteiger partial charge >= 0.3 is 0 Å². The minimum absolute atomic E-state index is 0.0292. The van der Waals surface area contributed by atoms with Gasteiger partial charge < -0.3 is 14.6 Å². The lowest BCUT2D eigenvalue weighted by molar-refractivity contribution is -0.118. The number of amides is 1. The van der Waals surface area contributed by atoms with Crippen LogP contribution >= 0.6 is 11.8 Å². The van der Waals surface area contributed by atoms with Crippen molar-refractivity contribution in [2.45, 2.75) is 50.2 Å². The van der Waals surface area contributed by atoms with Crippen LogP contribution in [-0.2, 0) is 16.8 Å². The fourth-order valence-corrected chi connectivity index (χ4v) is 5.87. The maximum atomic E-state index is 12.7. The number of anilines is 1. The van der Waals surface area contributed by atoms with Crippen molar-refractivity contribution >= 4 is 23.6 Å². The van der Waals surface area contributed by atoms with Crippen molar-refractivity contribution < 1.29 is 9.21 Å². The second-order valence-electron chi connectivity index (χ2n) is 10.0. The Morgan fingerprint density at radius 3 is 2.56 bits per heavy atom. The SMILES string of the molecule is CC1CC(C)CN(c2nnc(SCC(=O)NCC3(c4ccccc4)CC3)n2Cc2ccco2)C1. The van der Waals surface area contributed by atoms with Crippen LogP contribution in [0.25, 0.3) is 0 Å². The fraction of sp³-hybridized carbons (Fsp3) is 0.500. The fourth-order valence-electron chi connectivity index (χ4n) is 5.10. The Morgan fingerprint density at radius 2 is 1.88 bits per heavy atom. The van der Waals surface area contributed by atoms with E-state index >= 15 is 0 Å². The summed E-state index contributed by atoms with van der Waals surface area (Å²) < 4.78 is 7.70. The minimum atomic E-state index is 0.0292. The second-order valence-corrected chi connectivity index (χ2v) is 11.0. The Hall–Kier alpha value is -2.74. The van der Waals surface area contributed by atoms with Gasteiger partial charge in [-0.1, -0.05) is 55.9 Å². The van der Waals surface area contributed by atoms with E-state index in [0.29, 0.717) is 30.7 Å². The maximum Gasteiger partial charge on any atom is 0.230 e. The number of benzene rings is 1. The van der Waals surface area contributed by atoms with Gasteiger partial charge in [-0.2, -0.15) is 0 Å². The van der Waals surface area contributed by atoms with Crippen molar-refractivity contribution in [2.24, 2.45) is 11.8 Å². The van der Waals surface area contributed by atoms with Gasteiger partial charge in [0.15, 0.2) is 5.16 Å². The van der Waals surface area contributed by atoms with Crippen LogP contribution < -0.4 is 10.2 Å². The maximum absolute atomic E-state index is 12.7. The first-order valence-corrected chi connectivity index (χ1v) is 13.2. The number of furan rings is 1. The highest BCUT2D eigenvalue weighted by Crippen LogP contribution is 2.47. The second kappa shape index (κ2) is 9.86. The molecule has 34 heavy (non-hydrogen) atoms. The summed E-state index contributed by atoms with van der Waals surface area (Å²) in [6.07, 6.45) is 5.16. The number of piperidine rings is 1. The number of nitrogens with one attached hydrogen (secondary N) is 1. The van der Waals surface area contributed by atoms with E-state index in [9.17, 15) is 4.79 Å². The number of carbonyl (C=O) groups excluding carboxylic acids is 1. The van der Waals surface area contributed by atoms with Crippen molar-refractivity contribution in [1.82, 2.24) is 20.1 Å². The molecule has 1 amide bonds. The van der Waals surface area contributed by atoms with E-state index in [4.69, 9.17) is 4.42 Å². The summed E-state index contributed by atoms with van der Waals surface area (Å²) in [5.74, 6) is 3.27. The van der Waals surface area contributed by atoms with Crippen molar-refractivity contribution in [3.05, 3.63) is 60.1 Å². The molecule has 3 heterocycles. The molecule has 2 aromatic heterocycles. The summed E-state index contributed by atoms with van der Waals surface area (Å²) in [6, 6.07) is 14.4. The lowest BCUT2D eigenvalue weighted by Gasteiger charge is -2.35. The monoisotopic (exact) mass is 479 g/mol. The van der Waals surface area contributed by atoms with Gasteiger partial charge in [0, 0.05) is 25.0 Å². The summed E-state index contributed by atoms with van der Waals surface area (Å²) in [5.41, 5.74) is 1.42. The van der Waals surface area contributed by atoms with Gasteiger partial charge in [0.25, 0.3) is 0 Å². The lowest BCUT2D eigenvalue weighted by Crippen LogP contribution is -2.40. The van der Waals surface area contributed by atoms with Crippen molar-refractivity contribution in [3.63, 3.8) is 0 Å². The van der Waals surface area contributed by atoms with E-state index in [2.05, 4.69) is 63.1 Å². The van der Waals surface area contributed by atoms with Crippen molar-refractivity contribution in [3.8, 4) is 0 Å². The van der Waals surface area contributed by atoms with E-state index in [0.717, 1.165) is 42.8 Å². The van der Waals surface area contributed by atoms with Crippen LogP contribution in [0.3, 0.4) is 0 Å². The van der Waals surface area contributed by atoms with Gasteiger partial charge in [-0.15, -0.1) is 10.2 Å². The third-order valence-electron chi connectivity index (χ3n) is 6.94. The highest BCUT2D eigenvalue weighted by molar-refractivity contribution is 7.99. The molecule has 0 radical (unpaired) electrons. The molecule has 2 fully saturated rings. The van der Waals surface area contributed by atoms with Crippen LogP contribution in [0, 0.1) is 11.8 Å². The molecule has 2 atom stereocenters. The number of thioether (sulfide) groups is 1. The van der Waals surface area contributed by atoms with E-state index in [1.165, 1.54) is 23.7 Å². The summed E-state index contributed by atoms with van der Waals surface area (Å²) >= 11 is 1.44. The molecular weight excluding hydrogens is 446 g/mol. The van der Waals surface area contributed by atoms with Crippen molar-refractivity contribution in [2.75, 3.05) is 30.3 Å². The molecule has 1 N–H and O–H groups in total. The third-order valence-corrected chi connectivity index (χ3v) is 7.91. The van der Waals surface area contributed by atoms with E-state index in [1.54, 1.807) is 6.26 Å². The molecule has 8 heteroatoms. The van der Waals surface area contributed by atoms with Crippen LogP contribution in [0.1, 0.15) is 44.4 Å². The molecule has 2 unspecified atom stereocenters. The number of hydrogen-bond acceptors (Lipinski definition) is 6.